The molecule has 200 valence electrons. The number of rotatable bonds is 5. The van der Waals surface area contributed by atoms with Crippen LogP contribution in [0.15, 0.2) is 49.2 Å². The fourth-order valence-electron chi connectivity index (χ4n) is 5.46. The average Bonchev–Trinajstić information content (AvgIpc) is 3.60. The van der Waals surface area contributed by atoms with Crippen molar-refractivity contribution in [3.8, 4) is 11.1 Å². The second-order valence-electron chi connectivity index (χ2n) is 9.87. The van der Waals surface area contributed by atoms with E-state index in [1.54, 1.807) is 30.6 Å². The third-order valence-electron chi connectivity index (χ3n) is 7.47. The summed E-state index contributed by atoms with van der Waals surface area (Å²) in [7, 11) is 0. The molecular weight excluding hydrogens is 501 g/mol. The van der Waals surface area contributed by atoms with E-state index in [9.17, 15) is 14.0 Å². The summed E-state index contributed by atoms with van der Waals surface area (Å²) in [5, 5.41) is 6.77. The van der Waals surface area contributed by atoms with Crippen LogP contribution in [0.4, 0.5) is 15.9 Å². The lowest BCUT2D eigenvalue weighted by Gasteiger charge is -2.36. The Morgan fingerprint density at radius 3 is 2.54 bits per heavy atom. The number of nitrogen functional groups attached to an aromatic ring is 1. The van der Waals surface area contributed by atoms with Crippen LogP contribution in [0, 0.1) is 5.82 Å². The summed E-state index contributed by atoms with van der Waals surface area (Å²) in [6.45, 7) is 3.81. The van der Waals surface area contributed by atoms with Crippen molar-refractivity contribution in [2.24, 2.45) is 0 Å². The summed E-state index contributed by atoms with van der Waals surface area (Å²) in [5.74, 6) is -1.32. The number of likely N-dealkylation sites (tertiary alicyclic amines) is 2. The largest absolute Gasteiger partial charge is 0.381 e. The third-order valence-corrected chi connectivity index (χ3v) is 7.47. The molecular formula is C27H28FN9O2. The summed E-state index contributed by atoms with van der Waals surface area (Å²) in [4.78, 5) is 43.2. The number of hydrogen-bond donors (Lipinski definition) is 2. The number of pyridine rings is 2. The van der Waals surface area contributed by atoms with Crippen molar-refractivity contribution >= 4 is 29.0 Å². The zero-order chi connectivity index (χ0) is 26.9. The number of nitrogens with one attached hydrogen (secondary N) is 1. The Labute approximate surface area is 223 Å². The number of halogens is 1. The molecule has 3 N–H and O–H groups in total. The van der Waals surface area contributed by atoms with Crippen LogP contribution in [0.3, 0.4) is 0 Å². The smallest absolute Gasteiger partial charge is 0.272 e. The number of anilines is 2. The predicted octanol–water partition coefficient (Wildman–Crippen LogP) is 2.86. The molecule has 6 rings (SSSR count). The first-order valence-electron chi connectivity index (χ1n) is 13.0. The molecule has 12 heteroatoms. The van der Waals surface area contributed by atoms with Gasteiger partial charge in [0, 0.05) is 42.7 Å². The molecule has 0 bridgehead atoms. The van der Waals surface area contributed by atoms with E-state index in [2.05, 4.69) is 30.3 Å². The summed E-state index contributed by atoms with van der Waals surface area (Å²) in [6.07, 6.45) is 11.3. The zero-order valence-corrected chi connectivity index (χ0v) is 21.3. The van der Waals surface area contributed by atoms with Gasteiger partial charge in [-0.1, -0.05) is 6.07 Å². The summed E-state index contributed by atoms with van der Waals surface area (Å²) in [6, 6.07) is 5.82. The van der Waals surface area contributed by atoms with Gasteiger partial charge in [-0.25, -0.2) is 13.9 Å². The number of fused-ring (bicyclic) bond motifs is 1. The molecule has 2 aliphatic rings. The van der Waals surface area contributed by atoms with Gasteiger partial charge in [0.1, 0.15) is 11.3 Å². The van der Waals surface area contributed by atoms with E-state index in [1.165, 1.54) is 32.1 Å². The Balaban J connectivity index is 1.17. The lowest BCUT2D eigenvalue weighted by atomic mass is 10.0. The highest BCUT2D eigenvalue weighted by molar-refractivity contribution is 6.12. The highest BCUT2D eigenvalue weighted by Gasteiger charge is 2.29. The van der Waals surface area contributed by atoms with Crippen molar-refractivity contribution in [2.45, 2.75) is 31.7 Å². The van der Waals surface area contributed by atoms with E-state index < -0.39 is 11.7 Å². The Morgan fingerprint density at radius 1 is 1.00 bits per heavy atom. The highest BCUT2D eigenvalue weighted by Crippen LogP contribution is 2.29. The lowest BCUT2D eigenvalue weighted by Crippen LogP contribution is -2.46. The van der Waals surface area contributed by atoms with Crippen LogP contribution in [0.5, 0.6) is 0 Å². The van der Waals surface area contributed by atoms with Crippen molar-refractivity contribution in [3.05, 3.63) is 66.3 Å². The minimum Gasteiger partial charge on any atom is -0.381 e. The lowest BCUT2D eigenvalue weighted by molar-refractivity contribution is 0.0638. The molecule has 0 aromatic carbocycles. The molecule has 39 heavy (non-hydrogen) atoms. The summed E-state index contributed by atoms with van der Waals surface area (Å²) in [5.41, 5.74) is 8.24. The molecule has 4 aromatic heterocycles. The molecule has 2 fully saturated rings. The zero-order valence-electron chi connectivity index (χ0n) is 21.3. The van der Waals surface area contributed by atoms with E-state index in [4.69, 9.17) is 5.73 Å². The topological polar surface area (TPSA) is 135 Å². The molecule has 0 unspecified atom stereocenters. The van der Waals surface area contributed by atoms with Gasteiger partial charge in [0.05, 0.1) is 24.3 Å². The monoisotopic (exact) mass is 529 g/mol. The van der Waals surface area contributed by atoms with Crippen LogP contribution in [0.2, 0.25) is 0 Å². The first-order valence-corrected chi connectivity index (χ1v) is 13.0. The summed E-state index contributed by atoms with van der Waals surface area (Å²) >= 11 is 0. The normalized spacial score (nSPS) is 16.6. The molecule has 0 aliphatic carbocycles. The highest BCUT2D eigenvalue weighted by atomic mass is 19.1. The Morgan fingerprint density at radius 2 is 1.79 bits per heavy atom. The van der Waals surface area contributed by atoms with Crippen LogP contribution in [0.25, 0.3) is 16.8 Å². The van der Waals surface area contributed by atoms with Gasteiger partial charge in [-0.2, -0.15) is 0 Å². The van der Waals surface area contributed by atoms with Gasteiger partial charge in [-0.15, -0.1) is 5.10 Å². The molecule has 4 aromatic rings. The fourth-order valence-corrected chi connectivity index (χ4v) is 5.46. The van der Waals surface area contributed by atoms with Crippen molar-refractivity contribution in [3.63, 3.8) is 0 Å². The fraction of sp³-hybridized carbons (Fsp3) is 0.333. The maximum atomic E-state index is 13.5. The van der Waals surface area contributed by atoms with Crippen molar-refractivity contribution < 1.29 is 14.0 Å². The number of piperidine rings is 1. The van der Waals surface area contributed by atoms with E-state index in [0.29, 0.717) is 28.6 Å². The van der Waals surface area contributed by atoms with Gasteiger partial charge in [0.25, 0.3) is 11.8 Å². The molecule has 6 heterocycles. The Bertz CT molecular complexity index is 1520. The number of aromatic nitrogens is 5. The summed E-state index contributed by atoms with van der Waals surface area (Å²) < 4.78 is 14.6. The van der Waals surface area contributed by atoms with E-state index >= 15 is 0 Å². The molecule has 0 spiro atoms. The molecule has 2 saturated heterocycles. The maximum absolute atomic E-state index is 13.5. The van der Waals surface area contributed by atoms with Crippen LogP contribution in [0.1, 0.15) is 46.5 Å². The SMILES string of the molecule is Nc1nn2cc(F)cnc2c1C(=O)Nc1cnccc1-c1ccc(C(=O)N2CCC(N3CCCC3)CC2)nc1. The third kappa shape index (κ3) is 4.90. The Hall–Kier alpha value is -4.45. The van der Waals surface area contributed by atoms with E-state index in [0.717, 1.165) is 42.8 Å². The van der Waals surface area contributed by atoms with Crippen molar-refractivity contribution in [2.75, 3.05) is 37.2 Å². The number of amides is 2. The molecule has 0 radical (unpaired) electrons. The van der Waals surface area contributed by atoms with Crippen LogP contribution >= 0.6 is 0 Å². The predicted molar refractivity (Wildman–Crippen MR) is 143 cm³/mol. The van der Waals surface area contributed by atoms with Gasteiger partial charge >= 0.3 is 0 Å². The van der Waals surface area contributed by atoms with Gasteiger partial charge in [0.15, 0.2) is 17.3 Å². The molecule has 2 aliphatic heterocycles. The quantitative estimate of drug-likeness (QED) is 0.403. The average molecular weight is 530 g/mol. The first kappa shape index (κ1) is 24.9. The number of hydrogen-bond acceptors (Lipinski definition) is 8. The maximum Gasteiger partial charge on any atom is 0.272 e. The first-order chi connectivity index (χ1) is 19.0. The van der Waals surface area contributed by atoms with E-state index in [1.807, 2.05) is 4.90 Å². The minimum absolute atomic E-state index is 0.0253. The molecule has 2 amide bonds. The van der Waals surface area contributed by atoms with E-state index in [-0.39, 0.29) is 22.9 Å². The van der Waals surface area contributed by atoms with Crippen LogP contribution in [-0.2, 0) is 0 Å². The number of carbonyl (C=O) groups is 2. The number of nitrogens with zero attached hydrogens (tertiary/aromatic N) is 7. The minimum atomic E-state index is -0.604. The van der Waals surface area contributed by atoms with Gasteiger partial charge in [-0.05, 0) is 50.9 Å². The van der Waals surface area contributed by atoms with Crippen molar-refractivity contribution in [1.82, 2.24) is 34.4 Å². The molecule has 11 nitrogen and oxygen atoms in total. The second-order valence-corrected chi connectivity index (χ2v) is 9.87. The van der Waals surface area contributed by atoms with Gasteiger partial charge in [0.2, 0.25) is 0 Å². The standard InChI is InChI=1S/C27H28FN9O2/c28-18-14-32-25-23(24(29)34-37(25)16-18)26(38)33-22-15-30-8-5-20(22)17-3-4-21(31-13-17)27(39)36-11-6-19(7-12-36)35-9-1-2-10-35/h3-5,8,13-16,19H,1-2,6-7,9-12H2,(H2,29,34)(H,33,38). The molecule has 0 atom stereocenters. The van der Waals surface area contributed by atoms with Crippen LogP contribution < -0.4 is 11.1 Å². The van der Waals surface area contributed by atoms with Crippen molar-refractivity contribution in [1.29, 1.82) is 0 Å². The number of carbonyl (C=O) groups excluding carboxylic acids is 2. The Kier molecular flexibility index (Phi) is 6.61. The van der Waals surface area contributed by atoms with Gasteiger partial charge < -0.3 is 20.9 Å². The van der Waals surface area contributed by atoms with Gasteiger partial charge in [-0.3, -0.25) is 19.6 Å². The number of nitrogens with two attached hydrogens (primary N) is 1. The second kappa shape index (κ2) is 10.4. The molecule has 0 saturated carbocycles. The van der Waals surface area contributed by atoms with Crippen LogP contribution in [-0.4, -0.2) is 78.4 Å².